The number of hydrogen-bond donors (Lipinski definition) is 0. The standard InChI is InChI=1S/C12H11F3O2/c1-17-11(16)10-6-2-4-9(8-10)5-3-7-12(13,14)15/h2-6,8H,7H2,1H3/b5-3+. The van der Waals surface area contributed by atoms with Gasteiger partial charge in [0.2, 0.25) is 0 Å². The van der Waals surface area contributed by atoms with Crippen LogP contribution in [0.1, 0.15) is 22.3 Å². The summed E-state index contributed by atoms with van der Waals surface area (Å²) in [4.78, 5) is 11.2. The number of carbonyl (C=O) groups excluding carboxylic acids is 1. The lowest BCUT2D eigenvalue weighted by Gasteiger charge is -2.02. The Labute approximate surface area is 96.7 Å². The molecule has 0 saturated carbocycles. The van der Waals surface area contributed by atoms with Crippen LogP contribution in [0.2, 0.25) is 0 Å². The maximum absolute atomic E-state index is 11.9. The molecule has 0 bridgehead atoms. The zero-order valence-electron chi connectivity index (χ0n) is 9.12. The van der Waals surface area contributed by atoms with Crippen molar-refractivity contribution in [3.8, 4) is 0 Å². The fourth-order valence-corrected chi connectivity index (χ4v) is 1.22. The topological polar surface area (TPSA) is 26.3 Å². The van der Waals surface area contributed by atoms with Crippen LogP contribution in [0, 0.1) is 0 Å². The Balaban J connectivity index is 2.76. The lowest BCUT2D eigenvalue weighted by molar-refractivity contribution is -0.124. The molecule has 0 heterocycles. The number of benzene rings is 1. The number of methoxy groups -OCH3 is 1. The van der Waals surface area contributed by atoms with Crippen LogP contribution in [0.3, 0.4) is 0 Å². The maximum Gasteiger partial charge on any atom is 0.392 e. The van der Waals surface area contributed by atoms with Crippen LogP contribution in [0.25, 0.3) is 6.08 Å². The van der Waals surface area contributed by atoms with E-state index in [9.17, 15) is 18.0 Å². The molecule has 0 fully saturated rings. The summed E-state index contributed by atoms with van der Waals surface area (Å²) >= 11 is 0. The third-order valence-corrected chi connectivity index (χ3v) is 1.97. The SMILES string of the molecule is COC(=O)c1cccc(/C=C/CC(F)(F)F)c1. The Kier molecular flexibility index (Phi) is 4.31. The Hall–Kier alpha value is -1.78. The summed E-state index contributed by atoms with van der Waals surface area (Å²) in [6.07, 6.45) is -2.87. The number of alkyl halides is 3. The van der Waals surface area contributed by atoms with E-state index in [-0.39, 0.29) is 0 Å². The number of allylic oxidation sites excluding steroid dienone is 1. The first-order valence-electron chi connectivity index (χ1n) is 4.84. The normalized spacial score (nSPS) is 11.8. The van der Waals surface area contributed by atoms with Gasteiger partial charge >= 0.3 is 12.1 Å². The summed E-state index contributed by atoms with van der Waals surface area (Å²) < 4.78 is 40.2. The van der Waals surface area contributed by atoms with E-state index in [1.165, 1.54) is 25.3 Å². The molecule has 5 heteroatoms. The van der Waals surface area contributed by atoms with Crippen LogP contribution in [0.5, 0.6) is 0 Å². The van der Waals surface area contributed by atoms with Crippen molar-refractivity contribution in [2.24, 2.45) is 0 Å². The maximum atomic E-state index is 11.9. The molecular weight excluding hydrogens is 233 g/mol. The van der Waals surface area contributed by atoms with Crippen molar-refractivity contribution in [2.75, 3.05) is 7.11 Å². The van der Waals surface area contributed by atoms with Crippen LogP contribution >= 0.6 is 0 Å². The first-order chi connectivity index (χ1) is 7.92. The highest BCUT2D eigenvalue weighted by Gasteiger charge is 2.24. The van der Waals surface area contributed by atoms with Crippen LogP contribution in [-0.2, 0) is 4.74 Å². The van der Waals surface area contributed by atoms with Crippen molar-refractivity contribution >= 4 is 12.0 Å². The van der Waals surface area contributed by atoms with Crippen molar-refractivity contribution in [1.29, 1.82) is 0 Å². The van der Waals surface area contributed by atoms with E-state index in [1.807, 2.05) is 0 Å². The van der Waals surface area contributed by atoms with Gasteiger partial charge in [-0.3, -0.25) is 0 Å². The average Bonchev–Trinajstić information content (AvgIpc) is 2.27. The molecule has 0 amide bonds. The van der Waals surface area contributed by atoms with Gasteiger partial charge in [0.25, 0.3) is 0 Å². The molecule has 0 radical (unpaired) electrons. The summed E-state index contributed by atoms with van der Waals surface area (Å²) in [6.45, 7) is 0. The van der Waals surface area contributed by atoms with Gasteiger partial charge in [-0.25, -0.2) is 4.79 Å². The summed E-state index contributed by atoms with van der Waals surface area (Å²) in [5.41, 5.74) is 0.832. The zero-order chi connectivity index (χ0) is 12.9. The van der Waals surface area contributed by atoms with Crippen molar-refractivity contribution in [1.82, 2.24) is 0 Å². The van der Waals surface area contributed by atoms with Crippen molar-refractivity contribution in [3.63, 3.8) is 0 Å². The Morgan fingerprint density at radius 2 is 2.12 bits per heavy atom. The van der Waals surface area contributed by atoms with E-state index in [1.54, 1.807) is 12.1 Å². The zero-order valence-corrected chi connectivity index (χ0v) is 9.12. The minimum atomic E-state index is -4.21. The quantitative estimate of drug-likeness (QED) is 0.761. The molecule has 0 unspecified atom stereocenters. The first-order valence-corrected chi connectivity index (χ1v) is 4.84. The van der Waals surface area contributed by atoms with Gasteiger partial charge in [-0.05, 0) is 17.7 Å². The van der Waals surface area contributed by atoms with E-state index < -0.39 is 18.6 Å². The lowest BCUT2D eigenvalue weighted by Crippen LogP contribution is -2.04. The van der Waals surface area contributed by atoms with Gasteiger partial charge < -0.3 is 4.74 Å². The summed E-state index contributed by atoms with van der Waals surface area (Å²) in [5.74, 6) is -0.518. The number of ether oxygens (including phenoxy) is 1. The monoisotopic (exact) mass is 244 g/mol. The number of esters is 1. The van der Waals surface area contributed by atoms with Crippen LogP contribution < -0.4 is 0 Å². The summed E-state index contributed by atoms with van der Waals surface area (Å²) in [6, 6.07) is 6.20. The molecule has 0 saturated heterocycles. The van der Waals surface area contributed by atoms with Gasteiger partial charge in [0.05, 0.1) is 19.1 Å². The van der Waals surface area contributed by atoms with Gasteiger partial charge in [0.15, 0.2) is 0 Å². The fourth-order valence-electron chi connectivity index (χ4n) is 1.22. The second-order valence-electron chi connectivity index (χ2n) is 3.34. The number of hydrogen-bond acceptors (Lipinski definition) is 2. The highest BCUT2D eigenvalue weighted by atomic mass is 19.4. The molecule has 17 heavy (non-hydrogen) atoms. The van der Waals surface area contributed by atoms with Gasteiger partial charge in [0, 0.05) is 0 Å². The van der Waals surface area contributed by atoms with E-state index in [2.05, 4.69) is 4.74 Å². The average molecular weight is 244 g/mol. The van der Waals surface area contributed by atoms with Crippen molar-refractivity contribution in [3.05, 3.63) is 41.5 Å². The minimum Gasteiger partial charge on any atom is -0.465 e. The molecule has 92 valence electrons. The molecule has 0 spiro atoms. The molecule has 0 aliphatic carbocycles. The fraction of sp³-hybridized carbons (Fsp3) is 0.250. The summed E-state index contributed by atoms with van der Waals surface area (Å²) in [7, 11) is 1.24. The van der Waals surface area contributed by atoms with Gasteiger partial charge in [-0.1, -0.05) is 24.3 Å². The van der Waals surface area contributed by atoms with Gasteiger partial charge in [-0.2, -0.15) is 13.2 Å². The minimum absolute atomic E-state index is 0.307. The molecule has 0 atom stereocenters. The smallest absolute Gasteiger partial charge is 0.392 e. The first kappa shape index (κ1) is 13.3. The Bertz CT molecular complexity index is 422. The largest absolute Gasteiger partial charge is 0.465 e. The highest BCUT2D eigenvalue weighted by Crippen LogP contribution is 2.20. The second-order valence-corrected chi connectivity index (χ2v) is 3.34. The lowest BCUT2D eigenvalue weighted by atomic mass is 10.1. The molecule has 1 rings (SSSR count). The van der Waals surface area contributed by atoms with E-state index >= 15 is 0 Å². The number of halogens is 3. The number of rotatable bonds is 3. The molecule has 0 aliphatic rings. The molecule has 1 aromatic carbocycles. The molecule has 1 aromatic rings. The number of carbonyl (C=O) groups is 1. The third kappa shape index (κ3) is 4.72. The van der Waals surface area contributed by atoms with Gasteiger partial charge in [-0.15, -0.1) is 0 Å². The molecule has 0 aromatic heterocycles. The van der Waals surface area contributed by atoms with E-state index in [0.29, 0.717) is 11.1 Å². The van der Waals surface area contributed by atoms with Crippen molar-refractivity contribution in [2.45, 2.75) is 12.6 Å². The van der Waals surface area contributed by atoms with E-state index in [4.69, 9.17) is 0 Å². The molecular formula is C12H11F3O2. The molecule has 2 nitrogen and oxygen atoms in total. The second kappa shape index (κ2) is 5.52. The van der Waals surface area contributed by atoms with Crippen molar-refractivity contribution < 1.29 is 22.7 Å². The van der Waals surface area contributed by atoms with Gasteiger partial charge in [0.1, 0.15) is 0 Å². The predicted octanol–water partition coefficient (Wildman–Crippen LogP) is 3.44. The highest BCUT2D eigenvalue weighted by molar-refractivity contribution is 5.89. The summed E-state index contributed by atoms with van der Waals surface area (Å²) in [5, 5.41) is 0. The van der Waals surface area contributed by atoms with Crippen LogP contribution in [0.15, 0.2) is 30.3 Å². The van der Waals surface area contributed by atoms with Crippen LogP contribution in [-0.4, -0.2) is 19.3 Å². The predicted molar refractivity (Wildman–Crippen MR) is 57.5 cm³/mol. The third-order valence-electron chi connectivity index (χ3n) is 1.97. The Morgan fingerprint density at radius 1 is 1.41 bits per heavy atom. The molecule has 0 N–H and O–H groups in total. The molecule has 0 aliphatic heterocycles. The van der Waals surface area contributed by atoms with E-state index in [0.717, 1.165) is 6.08 Å². The van der Waals surface area contributed by atoms with Crippen LogP contribution in [0.4, 0.5) is 13.2 Å². The Morgan fingerprint density at radius 3 is 2.71 bits per heavy atom.